The van der Waals surface area contributed by atoms with Gasteiger partial charge in [0.25, 0.3) is 0 Å². The van der Waals surface area contributed by atoms with Crippen molar-refractivity contribution in [2.24, 2.45) is 5.92 Å². The maximum atomic E-state index is 9.49. The van der Waals surface area contributed by atoms with Gasteiger partial charge in [0.2, 0.25) is 0 Å². The minimum absolute atomic E-state index is 0.105. The van der Waals surface area contributed by atoms with Gasteiger partial charge >= 0.3 is 0 Å². The summed E-state index contributed by atoms with van der Waals surface area (Å²) in [5, 5.41) is 22.5. The fourth-order valence-corrected chi connectivity index (χ4v) is 2.49. The molecule has 18 heavy (non-hydrogen) atoms. The van der Waals surface area contributed by atoms with Crippen molar-refractivity contribution in [3.8, 4) is 11.5 Å². The topological polar surface area (TPSA) is 52.5 Å². The highest BCUT2D eigenvalue weighted by atomic mass is 16.3. The summed E-state index contributed by atoms with van der Waals surface area (Å²) in [6.45, 7) is 8.65. The molecule has 1 aromatic carbocycles. The van der Waals surface area contributed by atoms with E-state index in [0.29, 0.717) is 12.0 Å². The Hall–Kier alpha value is -1.22. The number of hydrogen-bond donors (Lipinski definition) is 3. The third kappa shape index (κ3) is 3.91. The van der Waals surface area contributed by atoms with E-state index in [0.717, 1.165) is 18.4 Å². The van der Waals surface area contributed by atoms with Gasteiger partial charge in [-0.15, -0.1) is 0 Å². The predicted molar refractivity (Wildman–Crippen MR) is 74.9 cm³/mol. The molecule has 1 aromatic rings. The number of nitrogens with one attached hydrogen (secondary N) is 1. The molecular formula is C15H25NO2. The zero-order chi connectivity index (χ0) is 13.7. The second-order valence-electron chi connectivity index (χ2n) is 5.04. The van der Waals surface area contributed by atoms with Gasteiger partial charge in [-0.25, -0.2) is 0 Å². The van der Waals surface area contributed by atoms with Crippen LogP contribution < -0.4 is 5.32 Å². The molecule has 0 heterocycles. The number of hydrogen-bond acceptors (Lipinski definition) is 3. The van der Waals surface area contributed by atoms with Crippen LogP contribution in [0.1, 0.15) is 52.1 Å². The molecule has 0 saturated carbocycles. The predicted octanol–water partition coefficient (Wildman–Crippen LogP) is 3.57. The number of benzene rings is 1. The van der Waals surface area contributed by atoms with Gasteiger partial charge in [0.05, 0.1) is 0 Å². The van der Waals surface area contributed by atoms with Gasteiger partial charge < -0.3 is 15.5 Å². The second kappa shape index (κ2) is 6.64. The Balaban J connectivity index is 2.72. The number of aromatic hydroxyl groups is 2. The van der Waals surface area contributed by atoms with Gasteiger partial charge in [0, 0.05) is 18.2 Å². The van der Waals surface area contributed by atoms with E-state index in [1.807, 2.05) is 6.92 Å². The molecule has 102 valence electrons. The first kappa shape index (κ1) is 14.8. The van der Waals surface area contributed by atoms with E-state index >= 15 is 0 Å². The lowest BCUT2D eigenvalue weighted by Gasteiger charge is -2.26. The highest BCUT2D eigenvalue weighted by molar-refractivity contribution is 5.37. The van der Waals surface area contributed by atoms with Crippen LogP contribution in [0.2, 0.25) is 0 Å². The zero-order valence-corrected chi connectivity index (χ0v) is 11.8. The van der Waals surface area contributed by atoms with Crippen LogP contribution >= 0.6 is 0 Å². The van der Waals surface area contributed by atoms with Gasteiger partial charge in [-0.1, -0.05) is 26.7 Å². The number of phenols is 2. The Labute approximate surface area is 110 Å². The molecule has 3 N–H and O–H groups in total. The van der Waals surface area contributed by atoms with Crippen LogP contribution in [0.25, 0.3) is 0 Å². The molecule has 0 amide bonds. The van der Waals surface area contributed by atoms with E-state index in [2.05, 4.69) is 26.1 Å². The van der Waals surface area contributed by atoms with Gasteiger partial charge in [-0.3, -0.25) is 0 Å². The largest absolute Gasteiger partial charge is 0.508 e. The third-order valence-electron chi connectivity index (χ3n) is 3.69. The van der Waals surface area contributed by atoms with Crippen LogP contribution in [0.4, 0.5) is 0 Å². The van der Waals surface area contributed by atoms with E-state index in [1.54, 1.807) is 12.1 Å². The Morgan fingerprint density at radius 2 is 1.50 bits per heavy atom. The Bertz CT molecular complexity index is 355. The zero-order valence-electron chi connectivity index (χ0n) is 11.8. The highest BCUT2D eigenvalue weighted by Crippen LogP contribution is 2.26. The molecule has 3 heteroatoms. The van der Waals surface area contributed by atoms with Crippen LogP contribution in [0, 0.1) is 5.92 Å². The summed E-state index contributed by atoms with van der Waals surface area (Å²) in [5.74, 6) is 0.862. The third-order valence-corrected chi connectivity index (χ3v) is 3.69. The van der Waals surface area contributed by atoms with Crippen molar-refractivity contribution in [2.45, 2.75) is 52.6 Å². The molecule has 2 atom stereocenters. The van der Waals surface area contributed by atoms with E-state index in [4.69, 9.17) is 0 Å². The van der Waals surface area contributed by atoms with Crippen LogP contribution in [-0.4, -0.2) is 16.3 Å². The van der Waals surface area contributed by atoms with Gasteiger partial charge in [0.15, 0.2) is 0 Å². The molecule has 0 fully saturated rings. The van der Waals surface area contributed by atoms with E-state index in [-0.39, 0.29) is 17.5 Å². The number of phenolic OH excluding ortho intramolecular Hbond substituents is 2. The van der Waals surface area contributed by atoms with Gasteiger partial charge in [-0.2, -0.15) is 0 Å². The number of rotatable bonds is 6. The minimum Gasteiger partial charge on any atom is -0.508 e. The van der Waals surface area contributed by atoms with Crippen LogP contribution in [0.5, 0.6) is 11.5 Å². The summed E-state index contributed by atoms with van der Waals surface area (Å²) in [6.07, 6.45) is 2.31. The molecule has 2 unspecified atom stereocenters. The Morgan fingerprint density at radius 3 is 1.94 bits per heavy atom. The van der Waals surface area contributed by atoms with Crippen molar-refractivity contribution in [3.05, 3.63) is 23.8 Å². The minimum atomic E-state index is 0.105. The van der Waals surface area contributed by atoms with E-state index in [1.165, 1.54) is 6.07 Å². The molecule has 0 aliphatic heterocycles. The maximum absolute atomic E-state index is 9.49. The van der Waals surface area contributed by atoms with Crippen molar-refractivity contribution in [3.63, 3.8) is 0 Å². The summed E-state index contributed by atoms with van der Waals surface area (Å²) in [4.78, 5) is 0. The average Bonchev–Trinajstić information content (AvgIpc) is 2.29. The first-order valence-corrected chi connectivity index (χ1v) is 6.76. The standard InChI is InChI=1S/C15H25NO2/c1-5-12(6-2)10(3)16-11(4)13-7-14(17)9-15(18)8-13/h7-12,16-18H,5-6H2,1-4H3. The van der Waals surface area contributed by atoms with Gasteiger partial charge in [0.1, 0.15) is 11.5 Å². The Kier molecular flexibility index (Phi) is 5.48. The van der Waals surface area contributed by atoms with Crippen LogP contribution in [-0.2, 0) is 0 Å². The maximum Gasteiger partial charge on any atom is 0.119 e. The first-order valence-electron chi connectivity index (χ1n) is 6.76. The van der Waals surface area contributed by atoms with Crippen LogP contribution in [0.15, 0.2) is 18.2 Å². The summed E-state index contributed by atoms with van der Waals surface area (Å²) in [6, 6.07) is 5.26. The molecule has 0 bridgehead atoms. The van der Waals surface area contributed by atoms with Crippen molar-refractivity contribution in [1.29, 1.82) is 0 Å². The molecule has 0 saturated heterocycles. The van der Waals surface area contributed by atoms with Crippen molar-refractivity contribution in [2.75, 3.05) is 0 Å². The lowest BCUT2D eigenvalue weighted by atomic mass is 9.94. The van der Waals surface area contributed by atoms with Crippen molar-refractivity contribution < 1.29 is 10.2 Å². The Morgan fingerprint density at radius 1 is 1.00 bits per heavy atom. The van der Waals surface area contributed by atoms with Crippen molar-refractivity contribution in [1.82, 2.24) is 5.32 Å². The summed E-state index contributed by atoms with van der Waals surface area (Å²) in [5.41, 5.74) is 0.908. The van der Waals surface area contributed by atoms with E-state index in [9.17, 15) is 10.2 Å². The molecule has 0 aliphatic carbocycles. The van der Waals surface area contributed by atoms with Crippen molar-refractivity contribution >= 4 is 0 Å². The normalized spacial score (nSPS) is 14.7. The second-order valence-corrected chi connectivity index (χ2v) is 5.04. The van der Waals surface area contributed by atoms with Gasteiger partial charge in [-0.05, 0) is 37.5 Å². The molecule has 3 nitrogen and oxygen atoms in total. The lowest BCUT2D eigenvalue weighted by Crippen LogP contribution is -2.34. The van der Waals surface area contributed by atoms with E-state index < -0.39 is 0 Å². The fourth-order valence-electron chi connectivity index (χ4n) is 2.49. The average molecular weight is 251 g/mol. The molecule has 0 spiro atoms. The SMILES string of the molecule is CCC(CC)C(C)NC(C)c1cc(O)cc(O)c1. The first-order chi connectivity index (χ1) is 8.47. The monoisotopic (exact) mass is 251 g/mol. The molecule has 0 aromatic heterocycles. The quantitative estimate of drug-likeness (QED) is 0.724. The highest BCUT2D eigenvalue weighted by Gasteiger charge is 2.17. The van der Waals surface area contributed by atoms with Crippen LogP contribution in [0.3, 0.4) is 0 Å². The lowest BCUT2D eigenvalue weighted by molar-refractivity contribution is 0.329. The molecule has 0 radical (unpaired) electrons. The summed E-state index contributed by atoms with van der Waals surface area (Å²) in [7, 11) is 0. The summed E-state index contributed by atoms with van der Waals surface area (Å²) >= 11 is 0. The smallest absolute Gasteiger partial charge is 0.119 e. The molecular weight excluding hydrogens is 226 g/mol. The molecule has 1 rings (SSSR count). The summed E-state index contributed by atoms with van der Waals surface area (Å²) < 4.78 is 0. The fraction of sp³-hybridized carbons (Fsp3) is 0.600. The molecule has 0 aliphatic rings.